The summed E-state index contributed by atoms with van der Waals surface area (Å²) in [4.78, 5) is 0.0573. The molecule has 0 fully saturated rings. The van der Waals surface area contributed by atoms with E-state index in [-0.39, 0.29) is 15.5 Å². The van der Waals surface area contributed by atoms with Crippen LogP contribution in [0, 0.1) is 11.3 Å². The van der Waals surface area contributed by atoms with E-state index in [4.69, 9.17) is 16.9 Å². The van der Waals surface area contributed by atoms with Crippen molar-refractivity contribution in [2.24, 2.45) is 0 Å². The second-order valence-corrected chi connectivity index (χ2v) is 5.33. The van der Waals surface area contributed by atoms with Crippen LogP contribution < -0.4 is 4.72 Å². The van der Waals surface area contributed by atoms with Gasteiger partial charge in [0, 0.05) is 6.54 Å². The highest BCUT2D eigenvalue weighted by molar-refractivity contribution is 7.89. The van der Waals surface area contributed by atoms with Crippen LogP contribution >= 0.6 is 11.6 Å². The van der Waals surface area contributed by atoms with Gasteiger partial charge in [-0.05, 0) is 24.6 Å². The van der Waals surface area contributed by atoms with E-state index >= 15 is 0 Å². The summed E-state index contributed by atoms with van der Waals surface area (Å²) in [6.07, 6.45) is 0.706. The van der Waals surface area contributed by atoms with Crippen molar-refractivity contribution >= 4 is 21.6 Å². The average Bonchev–Trinajstić information content (AvgIpc) is 2.27. The Labute approximate surface area is 99.9 Å². The molecule has 6 heteroatoms. The monoisotopic (exact) mass is 258 g/mol. The fourth-order valence-corrected chi connectivity index (χ4v) is 2.40. The number of benzene rings is 1. The molecule has 0 unspecified atom stereocenters. The summed E-state index contributed by atoms with van der Waals surface area (Å²) < 4.78 is 25.8. The first-order valence-corrected chi connectivity index (χ1v) is 6.56. The van der Waals surface area contributed by atoms with E-state index in [0.29, 0.717) is 13.0 Å². The lowest BCUT2D eigenvalue weighted by Crippen LogP contribution is -2.24. The molecule has 0 aliphatic heterocycles. The van der Waals surface area contributed by atoms with Gasteiger partial charge >= 0.3 is 0 Å². The van der Waals surface area contributed by atoms with Crippen LogP contribution in [0.15, 0.2) is 23.1 Å². The first-order chi connectivity index (χ1) is 7.51. The zero-order valence-electron chi connectivity index (χ0n) is 8.70. The molecule has 0 heterocycles. The van der Waals surface area contributed by atoms with Crippen molar-refractivity contribution in [3.05, 3.63) is 28.8 Å². The van der Waals surface area contributed by atoms with Crippen molar-refractivity contribution in [2.75, 3.05) is 6.54 Å². The molecule has 4 nitrogen and oxygen atoms in total. The molecule has 86 valence electrons. The van der Waals surface area contributed by atoms with E-state index in [1.807, 2.05) is 13.0 Å². The topological polar surface area (TPSA) is 70.0 Å². The minimum absolute atomic E-state index is 0.0573. The minimum atomic E-state index is -3.53. The van der Waals surface area contributed by atoms with Crippen LogP contribution in [0.2, 0.25) is 5.02 Å². The molecular formula is C10H11ClN2O2S. The summed E-state index contributed by atoms with van der Waals surface area (Å²) >= 11 is 5.71. The Kier molecular flexibility index (Phi) is 4.30. The summed E-state index contributed by atoms with van der Waals surface area (Å²) in [5.41, 5.74) is 0.154. The quantitative estimate of drug-likeness (QED) is 0.897. The Morgan fingerprint density at radius 3 is 2.75 bits per heavy atom. The fraction of sp³-hybridized carbons (Fsp3) is 0.300. The third-order valence-corrected chi connectivity index (χ3v) is 3.70. The molecule has 0 bridgehead atoms. The van der Waals surface area contributed by atoms with Crippen LogP contribution in [-0.2, 0) is 10.0 Å². The van der Waals surface area contributed by atoms with Crippen LogP contribution in [0.4, 0.5) is 0 Å². The Bertz CT molecular complexity index is 520. The Morgan fingerprint density at radius 2 is 2.19 bits per heavy atom. The Balaban J connectivity index is 3.11. The molecule has 0 saturated carbocycles. The lowest BCUT2D eigenvalue weighted by atomic mass is 10.2. The number of hydrogen-bond donors (Lipinski definition) is 1. The first-order valence-electron chi connectivity index (χ1n) is 4.70. The van der Waals surface area contributed by atoms with Crippen LogP contribution in [0.1, 0.15) is 18.9 Å². The van der Waals surface area contributed by atoms with E-state index in [9.17, 15) is 8.42 Å². The predicted octanol–water partition coefficient (Wildman–Crippen LogP) is 1.90. The lowest BCUT2D eigenvalue weighted by Gasteiger charge is -2.06. The fourth-order valence-electron chi connectivity index (χ4n) is 1.08. The van der Waals surface area contributed by atoms with Crippen molar-refractivity contribution in [3.63, 3.8) is 0 Å². The van der Waals surface area contributed by atoms with Gasteiger partial charge in [-0.15, -0.1) is 0 Å². The summed E-state index contributed by atoms with van der Waals surface area (Å²) in [5.74, 6) is 0. The third-order valence-electron chi connectivity index (χ3n) is 1.91. The highest BCUT2D eigenvalue weighted by Crippen LogP contribution is 2.19. The molecule has 0 radical (unpaired) electrons. The summed E-state index contributed by atoms with van der Waals surface area (Å²) in [6.45, 7) is 2.23. The van der Waals surface area contributed by atoms with Crippen LogP contribution in [0.5, 0.6) is 0 Å². The zero-order chi connectivity index (χ0) is 12.2. The van der Waals surface area contributed by atoms with E-state index < -0.39 is 10.0 Å². The van der Waals surface area contributed by atoms with E-state index in [0.717, 1.165) is 0 Å². The molecule has 0 saturated heterocycles. The van der Waals surface area contributed by atoms with Gasteiger partial charge in [-0.1, -0.05) is 18.5 Å². The first kappa shape index (κ1) is 13.0. The summed E-state index contributed by atoms with van der Waals surface area (Å²) in [6, 6.07) is 5.88. The zero-order valence-corrected chi connectivity index (χ0v) is 10.3. The number of nitrogens with zero attached hydrogens (tertiary/aromatic N) is 1. The average molecular weight is 259 g/mol. The molecule has 0 aliphatic rings. The number of rotatable bonds is 4. The largest absolute Gasteiger partial charge is 0.240 e. The van der Waals surface area contributed by atoms with Gasteiger partial charge in [0.15, 0.2) is 0 Å². The van der Waals surface area contributed by atoms with Gasteiger partial charge in [-0.2, -0.15) is 5.26 Å². The number of hydrogen-bond acceptors (Lipinski definition) is 3. The molecule has 0 amide bonds. The molecule has 1 aromatic rings. The number of nitriles is 1. The molecule has 0 atom stereocenters. The van der Waals surface area contributed by atoms with Crippen molar-refractivity contribution in [2.45, 2.75) is 18.2 Å². The Morgan fingerprint density at radius 1 is 1.50 bits per heavy atom. The van der Waals surface area contributed by atoms with Crippen molar-refractivity contribution in [3.8, 4) is 6.07 Å². The molecule has 16 heavy (non-hydrogen) atoms. The molecule has 0 spiro atoms. The second-order valence-electron chi connectivity index (χ2n) is 3.15. The van der Waals surface area contributed by atoms with Crippen molar-refractivity contribution in [1.82, 2.24) is 4.72 Å². The van der Waals surface area contributed by atoms with Crippen LogP contribution in [-0.4, -0.2) is 15.0 Å². The Hall–Kier alpha value is -1.09. The summed E-state index contributed by atoms with van der Waals surface area (Å²) in [7, 11) is -3.53. The molecular weight excluding hydrogens is 248 g/mol. The van der Waals surface area contributed by atoms with Crippen LogP contribution in [0.3, 0.4) is 0 Å². The maximum atomic E-state index is 11.7. The SMILES string of the molecule is CCCNS(=O)(=O)c1ccc(Cl)c(C#N)c1. The normalized spacial score (nSPS) is 11.1. The molecule has 1 rings (SSSR count). The van der Waals surface area contributed by atoms with E-state index in [1.165, 1.54) is 18.2 Å². The smallest absolute Gasteiger partial charge is 0.211 e. The molecule has 1 aromatic carbocycles. The van der Waals surface area contributed by atoms with Crippen molar-refractivity contribution in [1.29, 1.82) is 5.26 Å². The number of sulfonamides is 1. The van der Waals surface area contributed by atoms with Gasteiger partial charge in [-0.25, -0.2) is 13.1 Å². The number of nitrogens with one attached hydrogen (secondary N) is 1. The minimum Gasteiger partial charge on any atom is -0.211 e. The van der Waals surface area contributed by atoms with Gasteiger partial charge in [-0.3, -0.25) is 0 Å². The highest BCUT2D eigenvalue weighted by atomic mass is 35.5. The molecule has 0 aliphatic carbocycles. The van der Waals surface area contributed by atoms with E-state index in [2.05, 4.69) is 4.72 Å². The van der Waals surface area contributed by atoms with Gasteiger partial charge in [0.1, 0.15) is 6.07 Å². The maximum absolute atomic E-state index is 11.7. The standard InChI is InChI=1S/C10H11ClN2O2S/c1-2-5-13-16(14,15)9-3-4-10(11)8(6-9)7-12/h3-4,6,13H,2,5H2,1H3. The highest BCUT2D eigenvalue weighted by Gasteiger charge is 2.14. The van der Waals surface area contributed by atoms with Gasteiger partial charge < -0.3 is 0 Å². The predicted molar refractivity (Wildman–Crippen MR) is 61.6 cm³/mol. The van der Waals surface area contributed by atoms with Gasteiger partial charge in [0.2, 0.25) is 10.0 Å². The lowest BCUT2D eigenvalue weighted by molar-refractivity contribution is 0.581. The maximum Gasteiger partial charge on any atom is 0.240 e. The molecule has 1 N–H and O–H groups in total. The van der Waals surface area contributed by atoms with Gasteiger partial charge in [0.25, 0.3) is 0 Å². The van der Waals surface area contributed by atoms with Crippen LogP contribution in [0.25, 0.3) is 0 Å². The van der Waals surface area contributed by atoms with Crippen molar-refractivity contribution < 1.29 is 8.42 Å². The third kappa shape index (κ3) is 2.95. The number of halogens is 1. The summed E-state index contributed by atoms with van der Waals surface area (Å²) in [5, 5.41) is 8.98. The van der Waals surface area contributed by atoms with E-state index in [1.54, 1.807) is 0 Å². The van der Waals surface area contributed by atoms with Gasteiger partial charge in [0.05, 0.1) is 15.5 Å². The second kappa shape index (κ2) is 5.30. The molecule has 0 aromatic heterocycles.